The molecule has 0 radical (unpaired) electrons. The van der Waals surface area contributed by atoms with Crippen molar-refractivity contribution in [1.82, 2.24) is 9.88 Å². The van der Waals surface area contributed by atoms with Gasteiger partial charge in [0, 0.05) is 19.3 Å². The van der Waals surface area contributed by atoms with Gasteiger partial charge in [-0.25, -0.2) is 0 Å². The number of carbonyl (C=O) groups excluding carboxylic acids is 1. The summed E-state index contributed by atoms with van der Waals surface area (Å²) in [5.41, 5.74) is 3.62. The Kier molecular flexibility index (Phi) is 2.55. The van der Waals surface area contributed by atoms with Crippen molar-refractivity contribution >= 4 is 11.6 Å². The molecule has 5 nitrogen and oxygen atoms in total. The third kappa shape index (κ3) is 2.07. The van der Waals surface area contributed by atoms with Crippen molar-refractivity contribution in [2.45, 2.75) is 18.9 Å². The van der Waals surface area contributed by atoms with Crippen molar-refractivity contribution < 1.29 is 4.79 Å². The molecule has 5 heteroatoms. The van der Waals surface area contributed by atoms with E-state index in [1.165, 1.54) is 0 Å². The summed E-state index contributed by atoms with van der Waals surface area (Å²) in [4.78, 5) is 17.7. The van der Waals surface area contributed by atoms with E-state index in [-0.39, 0.29) is 5.91 Å². The van der Waals surface area contributed by atoms with Crippen LogP contribution in [0.3, 0.4) is 0 Å². The Balaban J connectivity index is 2.16. The molecule has 1 aromatic rings. The molecule has 3 N–H and O–H groups in total. The number of hydrogen-bond donors (Lipinski definition) is 2. The highest BCUT2D eigenvalue weighted by molar-refractivity contribution is 5.93. The Hall–Kier alpha value is -1.62. The summed E-state index contributed by atoms with van der Waals surface area (Å²) < 4.78 is 0. The van der Waals surface area contributed by atoms with Gasteiger partial charge in [-0.2, -0.15) is 0 Å². The molecule has 1 fully saturated rings. The molecule has 1 aromatic heterocycles. The predicted molar refractivity (Wildman–Crippen MR) is 57.2 cm³/mol. The Bertz CT molecular complexity index is 375. The summed E-state index contributed by atoms with van der Waals surface area (Å²) in [6.07, 6.45) is 3.76. The first-order chi connectivity index (χ1) is 7.22. The number of carbonyl (C=O) groups is 1. The van der Waals surface area contributed by atoms with E-state index < -0.39 is 0 Å². The first-order valence-corrected chi connectivity index (χ1v) is 4.92. The van der Waals surface area contributed by atoms with Gasteiger partial charge >= 0.3 is 0 Å². The van der Waals surface area contributed by atoms with Crippen molar-refractivity contribution in [3.05, 3.63) is 24.0 Å². The molecule has 0 spiro atoms. The Morgan fingerprint density at radius 1 is 1.67 bits per heavy atom. The van der Waals surface area contributed by atoms with Gasteiger partial charge in [0.15, 0.2) is 0 Å². The van der Waals surface area contributed by atoms with Crippen LogP contribution in [0.2, 0.25) is 0 Å². The number of nitrogens with one attached hydrogen (secondary N) is 1. The molecule has 80 valence electrons. The van der Waals surface area contributed by atoms with Crippen LogP contribution in [-0.4, -0.2) is 28.9 Å². The number of pyridine rings is 1. The molecule has 0 aliphatic heterocycles. The number of anilines is 1. The van der Waals surface area contributed by atoms with Crippen LogP contribution in [0.15, 0.2) is 18.3 Å². The second kappa shape index (κ2) is 3.86. The lowest BCUT2D eigenvalue weighted by atomic mass is 10.3. The molecule has 0 bridgehead atoms. The van der Waals surface area contributed by atoms with E-state index >= 15 is 0 Å². The van der Waals surface area contributed by atoms with E-state index in [4.69, 9.17) is 5.84 Å². The van der Waals surface area contributed by atoms with Gasteiger partial charge in [0.2, 0.25) is 0 Å². The summed E-state index contributed by atoms with van der Waals surface area (Å²) in [6, 6.07) is 3.77. The molecular weight excluding hydrogens is 192 g/mol. The number of rotatable bonds is 3. The van der Waals surface area contributed by atoms with Gasteiger partial charge in [0.25, 0.3) is 5.91 Å². The zero-order valence-corrected chi connectivity index (χ0v) is 8.60. The SMILES string of the molecule is CN(C(=O)c1cc(NN)ccn1)C1CC1. The third-order valence-corrected chi connectivity index (χ3v) is 2.56. The van der Waals surface area contributed by atoms with Crippen molar-refractivity contribution in [2.24, 2.45) is 5.84 Å². The monoisotopic (exact) mass is 206 g/mol. The number of aromatic nitrogens is 1. The largest absolute Gasteiger partial charge is 0.337 e. The second-order valence-corrected chi connectivity index (χ2v) is 3.72. The lowest BCUT2D eigenvalue weighted by Crippen LogP contribution is -2.29. The van der Waals surface area contributed by atoms with E-state index in [0.29, 0.717) is 17.4 Å². The molecule has 1 aliphatic carbocycles. The van der Waals surface area contributed by atoms with E-state index in [0.717, 1.165) is 12.8 Å². The van der Waals surface area contributed by atoms with Gasteiger partial charge in [-0.05, 0) is 25.0 Å². The zero-order chi connectivity index (χ0) is 10.8. The third-order valence-electron chi connectivity index (χ3n) is 2.56. The lowest BCUT2D eigenvalue weighted by Gasteiger charge is -2.15. The highest BCUT2D eigenvalue weighted by Crippen LogP contribution is 2.26. The molecule has 0 aromatic carbocycles. The maximum Gasteiger partial charge on any atom is 0.272 e. The average Bonchev–Trinajstić information content (AvgIpc) is 3.11. The van der Waals surface area contributed by atoms with Crippen LogP contribution in [0.4, 0.5) is 5.69 Å². The van der Waals surface area contributed by atoms with E-state index in [1.54, 1.807) is 23.2 Å². The van der Waals surface area contributed by atoms with Gasteiger partial charge in [-0.3, -0.25) is 15.6 Å². The number of nitrogens with zero attached hydrogens (tertiary/aromatic N) is 2. The summed E-state index contributed by atoms with van der Waals surface area (Å²) in [7, 11) is 1.81. The normalized spacial score (nSPS) is 14.8. The lowest BCUT2D eigenvalue weighted by molar-refractivity contribution is 0.0779. The van der Waals surface area contributed by atoms with Crippen molar-refractivity contribution in [3.63, 3.8) is 0 Å². The first-order valence-electron chi connectivity index (χ1n) is 4.92. The quantitative estimate of drug-likeness (QED) is 0.561. The molecule has 1 aliphatic rings. The molecule has 0 saturated heterocycles. The van der Waals surface area contributed by atoms with E-state index in [2.05, 4.69) is 10.4 Å². The summed E-state index contributed by atoms with van der Waals surface area (Å²) >= 11 is 0. The van der Waals surface area contributed by atoms with Crippen molar-refractivity contribution in [3.8, 4) is 0 Å². The first kappa shape index (κ1) is 9.92. The number of nitrogen functional groups attached to an aromatic ring is 1. The number of nitrogens with two attached hydrogens (primary N) is 1. The summed E-state index contributed by atoms with van der Waals surface area (Å²) in [6.45, 7) is 0. The number of amides is 1. The molecule has 15 heavy (non-hydrogen) atoms. The van der Waals surface area contributed by atoms with E-state index in [9.17, 15) is 4.79 Å². The van der Waals surface area contributed by atoms with Gasteiger partial charge in [-0.1, -0.05) is 0 Å². The van der Waals surface area contributed by atoms with Crippen LogP contribution in [-0.2, 0) is 0 Å². The van der Waals surface area contributed by atoms with Gasteiger partial charge in [0.1, 0.15) is 5.69 Å². The fourth-order valence-corrected chi connectivity index (χ4v) is 1.45. The number of hydrogen-bond acceptors (Lipinski definition) is 4. The van der Waals surface area contributed by atoms with Gasteiger partial charge < -0.3 is 10.3 Å². The topological polar surface area (TPSA) is 71.2 Å². The summed E-state index contributed by atoms with van der Waals surface area (Å²) in [5, 5.41) is 0. The molecule has 1 saturated carbocycles. The van der Waals surface area contributed by atoms with Crippen LogP contribution in [0, 0.1) is 0 Å². The van der Waals surface area contributed by atoms with Crippen LogP contribution in [0.25, 0.3) is 0 Å². The van der Waals surface area contributed by atoms with Crippen molar-refractivity contribution in [1.29, 1.82) is 0 Å². The molecule has 0 unspecified atom stereocenters. The Labute approximate surface area is 88.3 Å². The maximum atomic E-state index is 11.9. The molecule has 2 rings (SSSR count). The van der Waals surface area contributed by atoms with Crippen LogP contribution < -0.4 is 11.3 Å². The minimum absolute atomic E-state index is 0.0467. The van der Waals surface area contributed by atoms with Gasteiger partial charge in [-0.15, -0.1) is 0 Å². The maximum absolute atomic E-state index is 11.9. The minimum atomic E-state index is -0.0467. The molecule has 1 heterocycles. The van der Waals surface area contributed by atoms with Crippen molar-refractivity contribution in [2.75, 3.05) is 12.5 Å². The van der Waals surface area contributed by atoms with Crippen LogP contribution in [0.5, 0.6) is 0 Å². The standard InChI is InChI=1S/C10H14N4O/c1-14(8-2-3-8)10(15)9-6-7(13-11)4-5-12-9/h4-6,8H,2-3,11H2,1H3,(H,12,13). The average molecular weight is 206 g/mol. The fourth-order valence-electron chi connectivity index (χ4n) is 1.45. The second-order valence-electron chi connectivity index (χ2n) is 3.72. The Morgan fingerprint density at radius 3 is 3.00 bits per heavy atom. The molecule has 1 amide bonds. The van der Waals surface area contributed by atoms with Crippen LogP contribution in [0.1, 0.15) is 23.3 Å². The minimum Gasteiger partial charge on any atom is -0.337 e. The highest BCUT2D eigenvalue weighted by Gasteiger charge is 2.30. The Morgan fingerprint density at radius 2 is 2.40 bits per heavy atom. The summed E-state index contributed by atoms with van der Waals surface area (Å²) in [5.74, 6) is 5.22. The number of hydrazine groups is 1. The molecule has 0 atom stereocenters. The fraction of sp³-hybridized carbons (Fsp3) is 0.400. The zero-order valence-electron chi connectivity index (χ0n) is 8.60. The van der Waals surface area contributed by atoms with Crippen LogP contribution >= 0.6 is 0 Å². The highest BCUT2D eigenvalue weighted by atomic mass is 16.2. The molecular formula is C10H14N4O. The predicted octanol–water partition coefficient (Wildman–Crippen LogP) is 0.602. The van der Waals surface area contributed by atoms with E-state index in [1.807, 2.05) is 7.05 Å². The smallest absolute Gasteiger partial charge is 0.272 e. The van der Waals surface area contributed by atoms with Gasteiger partial charge in [0.05, 0.1) is 5.69 Å².